The van der Waals surface area contributed by atoms with Crippen molar-refractivity contribution in [2.45, 2.75) is 12.3 Å². The second-order valence-electron chi connectivity index (χ2n) is 4.86. The topological polar surface area (TPSA) is 61.1 Å². The van der Waals surface area contributed by atoms with Gasteiger partial charge in [0.2, 0.25) is 0 Å². The monoisotopic (exact) mass is 350 g/mol. The number of rotatable bonds is 3. The zero-order valence-electron chi connectivity index (χ0n) is 12.0. The number of ketones is 1. The van der Waals surface area contributed by atoms with E-state index in [1.165, 1.54) is 11.6 Å². The Balaban J connectivity index is 2.78. The lowest BCUT2D eigenvalue weighted by Crippen LogP contribution is -2.42. The Morgan fingerprint density at radius 3 is 2.43 bits per heavy atom. The average molecular weight is 351 g/mol. The minimum atomic E-state index is -0.570. The number of benzene rings is 1. The number of carbonyl (C=O) groups is 1. The lowest BCUT2D eigenvalue weighted by molar-refractivity contribution is 0.103. The fourth-order valence-corrected chi connectivity index (χ4v) is 2.86. The summed E-state index contributed by atoms with van der Waals surface area (Å²) in [6, 6.07) is 7.03. The molecule has 0 fully saturated rings. The minimum Gasteiger partial charge on any atom is -0.299 e. The first-order valence-electron chi connectivity index (χ1n) is 6.34. The highest BCUT2D eigenvalue weighted by atomic mass is 79.9. The summed E-state index contributed by atoms with van der Waals surface area (Å²) >= 11 is 3.25. The molecule has 0 aliphatic rings. The van der Waals surface area contributed by atoms with E-state index in [2.05, 4.69) is 15.9 Å². The Morgan fingerprint density at radius 1 is 1.19 bits per heavy atom. The van der Waals surface area contributed by atoms with Crippen LogP contribution >= 0.6 is 15.9 Å². The summed E-state index contributed by atoms with van der Waals surface area (Å²) in [7, 11) is 2.92. The van der Waals surface area contributed by atoms with Gasteiger partial charge in [0, 0.05) is 30.7 Å². The molecule has 6 heteroatoms. The molecular weight excluding hydrogens is 336 g/mol. The van der Waals surface area contributed by atoms with E-state index >= 15 is 0 Å². The lowest BCUT2D eigenvalue weighted by atomic mass is 10.0. The van der Waals surface area contributed by atoms with Crippen LogP contribution in [0.2, 0.25) is 0 Å². The lowest BCUT2D eigenvalue weighted by Gasteiger charge is -2.12. The van der Waals surface area contributed by atoms with E-state index in [0.717, 1.165) is 10.1 Å². The van der Waals surface area contributed by atoms with Crippen LogP contribution < -0.4 is 11.2 Å². The second kappa shape index (κ2) is 5.81. The van der Waals surface area contributed by atoms with Gasteiger partial charge in [0.15, 0.2) is 5.78 Å². The van der Waals surface area contributed by atoms with E-state index in [9.17, 15) is 14.4 Å². The van der Waals surface area contributed by atoms with Crippen molar-refractivity contribution in [3.63, 3.8) is 0 Å². The predicted octanol–water partition coefficient (Wildman–Crippen LogP) is 1.52. The van der Waals surface area contributed by atoms with E-state index in [0.29, 0.717) is 11.3 Å². The molecule has 0 saturated heterocycles. The number of carbonyl (C=O) groups excluding carboxylic acids is 1. The van der Waals surface area contributed by atoms with Crippen LogP contribution in [0.5, 0.6) is 0 Å². The third kappa shape index (κ3) is 2.63. The van der Waals surface area contributed by atoms with Gasteiger partial charge >= 0.3 is 5.69 Å². The largest absolute Gasteiger partial charge is 0.330 e. The van der Waals surface area contributed by atoms with Crippen LogP contribution in [0.3, 0.4) is 0 Å². The van der Waals surface area contributed by atoms with Crippen LogP contribution in [-0.2, 0) is 19.4 Å². The molecule has 0 aliphatic heterocycles. The highest BCUT2D eigenvalue weighted by Crippen LogP contribution is 2.13. The number of alkyl halides is 1. The molecule has 2 rings (SSSR count). The number of aromatic nitrogens is 2. The third-order valence-corrected chi connectivity index (χ3v) is 3.95. The van der Waals surface area contributed by atoms with Crippen LogP contribution in [0.15, 0.2) is 33.9 Å². The van der Waals surface area contributed by atoms with E-state index in [4.69, 9.17) is 0 Å². The van der Waals surface area contributed by atoms with Crippen molar-refractivity contribution in [3.05, 3.63) is 67.5 Å². The number of aryl methyl sites for hydroxylation is 1. The molecule has 0 radical (unpaired) electrons. The number of hydrogen-bond acceptors (Lipinski definition) is 3. The maximum absolute atomic E-state index is 12.7. The van der Waals surface area contributed by atoms with Crippen molar-refractivity contribution in [2.75, 3.05) is 0 Å². The van der Waals surface area contributed by atoms with E-state index in [1.807, 2.05) is 13.0 Å². The van der Waals surface area contributed by atoms with Crippen molar-refractivity contribution >= 4 is 21.7 Å². The molecule has 21 heavy (non-hydrogen) atoms. The summed E-state index contributed by atoms with van der Waals surface area (Å²) in [5.74, 6) is -0.371. The number of halogens is 1. The van der Waals surface area contributed by atoms with E-state index in [1.54, 1.807) is 25.2 Å². The first-order chi connectivity index (χ1) is 9.88. The molecule has 110 valence electrons. The van der Waals surface area contributed by atoms with Gasteiger partial charge in [0.1, 0.15) is 5.56 Å². The Hall–Kier alpha value is -1.95. The maximum Gasteiger partial charge on any atom is 0.330 e. The molecule has 1 aromatic carbocycles. The van der Waals surface area contributed by atoms with E-state index < -0.39 is 11.2 Å². The minimum absolute atomic E-state index is 0.0297. The number of nitrogens with zero attached hydrogens (tertiary/aromatic N) is 2. The first kappa shape index (κ1) is 15.4. The summed E-state index contributed by atoms with van der Waals surface area (Å²) in [5, 5.41) is 0.252. The molecule has 1 heterocycles. The van der Waals surface area contributed by atoms with Gasteiger partial charge in [0.25, 0.3) is 5.56 Å². The molecule has 0 atom stereocenters. The maximum atomic E-state index is 12.7. The summed E-state index contributed by atoms with van der Waals surface area (Å²) in [4.78, 5) is 36.9. The summed E-state index contributed by atoms with van der Waals surface area (Å²) in [6.07, 6.45) is 0. The van der Waals surface area contributed by atoms with Crippen LogP contribution in [0.4, 0.5) is 0 Å². The Kier molecular flexibility index (Phi) is 4.27. The van der Waals surface area contributed by atoms with Gasteiger partial charge in [-0.25, -0.2) is 4.79 Å². The molecule has 0 N–H and O–H groups in total. The second-order valence-corrected chi connectivity index (χ2v) is 5.42. The Morgan fingerprint density at radius 2 is 1.86 bits per heavy atom. The molecule has 5 nitrogen and oxygen atoms in total. The van der Waals surface area contributed by atoms with Crippen molar-refractivity contribution in [3.8, 4) is 0 Å². The Bertz CT molecular complexity index is 834. The molecule has 1 aromatic heterocycles. The summed E-state index contributed by atoms with van der Waals surface area (Å²) < 4.78 is 2.27. The zero-order chi connectivity index (χ0) is 15.7. The first-order valence-corrected chi connectivity index (χ1v) is 7.46. The van der Waals surface area contributed by atoms with Crippen molar-refractivity contribution in [2.24, 2.45) is 14.1 Å². The van der Waals surface area contributed by atoms with Crippen LogP contribution in [0.1, 0.15) is 27.2 Å². The molecule has 0 unspecified atom stereocenters. The standard InChI is InChI=1S/C15H15BrN2O3/c1-9-5-4-6-10(7-9)13(19)12-11(8-16)17(2)15(21)18(3)14(12)20/h4-7H,8H2,1-3H3. The molecule has 0 spiro atoms. The average Bonchev–Trinajstić information content (AvgIpc) is 2.48. The molecule has 0 amide bonds. The van der Waals surface area contributed by atoms with Gasteiger partial charge in [-0.3, -0.25) is 18.7 Å². The quantitative estimate of drug-likeness (QED) is 0.622. The molecule has 0 bridgehead atoms. The van der Waals surface area contributed by atoms with Crippen LogP contribution in [-0.4, -0.2) is 14.9 Å². The van der Waals surface area contributed by atoms with Crippen molar-refractivity contribution < 1.29 is 4.79 Å². The fraction of sp³-hybridized carbons (Fsp3) is 0.267. The summed E-state index contributed by atoms with van der Waals surface area (Å²) in [6.45, 7) is 1.88. The zero-order valence-corrected chi connectivity index (χ0v) is 13.6. The molecule has 2 aromatic rings. The van der Waals surface area contributed by atoms with Gasteiger partial charge in [-0.15, -0.1) is 0 Å². The normalized spacial score (nSPS) is 10.7. The van der Waals surface area contributed by atoms with Crippen LogP contribution in [0.25, 0.3) is 0 Å². The predicted molar refractivity (Wildman–Crippen MR) is 84.2 cm³/mol. The van der Waals surface area contributed by atoms with Crippen molar-refractivity contribution in [1.82, 2.24) is 9.13 Å². The SMILES string of the molecule is Cc1cccc(C(=O)c2c(CBr)n(C)c(=O)n(C)c2=O)c1. The fourth-order valence-electron chi connectivity index (χ4n) is 2.20. The molecule has 0 aliphatic carbocycles. The highest BCUT2D eigenvalue weighted by Gasteiger charge is 2.22. The Labute approximate surface area is 130 Å². The smallest absolute Gasteiger partial charge is 0.299 e. The van der Waals surface area contributed by atoms with Gasteiger partial charge < -0.3 is 0 Å². The van der Waals surface area contributed by atoms with Gasteiger partial charge in [0.05, 0.1) is 0 Å². The highest BCUT2D eigenvalue weighted by molar-refractivity contribution is 9.08. The van der Waals surface area contributed by atoms with Crippen molar-refractivity contribution in [1.29, 1.82) is 0 Å². The van der Waals surface area contributed by atoms with Gasteiger partial charge in [-0.05, 0) is 13.0 Å². The number of hydrogen-bond donors (Lipinski definition) is 0. The van der Waals surface area contributed by atoms with Crippen LogP contribution in [0, 0.1) is 6.92 Å². The molecule has 0 saturated carbocycles. The third-order valence-electron chi connectivity index (χ3n) is 3.42. The van der Waals surface area contributed by atoms with Gasteiger partial charge in [-0.2, -0.15) is 0 Å². The van der Waals surface area contributed by atoms with E-state index in [-0.39, 0.29) is 16.7 Å². The summed E-state index contributed by atoms with van der Waals surface area (Å²) in [5.41, 5.74) is 0.766. The van der Waals surface area contributed by atoms with Gasteiger partial charge in [-0.1, -0.05) is 39.7 Å². The molecular formula is C15H15BrN2O3.